The van der Waals surface area contributed by atoms with E-state index in [0.29, 0.717) is 13.0 Å². The summed E-state index contributed by atoms with van der Waals surface area (Å²) in [5.41, 5.74) is 3.79. The average molecular weight is 509 g/mol. The normalized spacial score (nSPS) is 11.7. The van der Waals surface area contributed by atoms with Gasteiger partial charge in [0.15, 0.2) is 0 Å². The fourth-order valence-corrected chi connectivity index (χ4v) is 4.72. The van der Waals surface area contributed by atoms with Crippen LogP contribution in [0, 0.1) is 5.82 Å². The molecule has 4 nitrogen and oxygen atoms in total. The van der Waals surface area contributed by atoms with Gasteiger partial charge in [0.2, 0.25) is 11.8 Å². The smallest absolute Gasteiger partial charge is 0.243 e. The Morgan fingerprint density at radius 1 is 0.737 bits per heavy atom. The predicted molar refractivity (Wildman–Crippen MR) is 149 cm³/mol. The summed E-state index contributed by atoms with van der Waals surface area (Å²) in [5, 5.41) is 2.92. The van der Waals surface area contributed by atoms with E-state index in [1.165, 1.54) is 12.1 Å². The SMILES string of the molecule is CCNC(=O)[C@@H](Cc1ccccc1)N(Cc1ccc(F)cc1)C(=O)CC(c1ccccc1)c1ccccc1. The Balaban J connectivity index is 1.71. The lowest BCUT2D eigenvalue weighted by Gasteiger charge is -2.33. The highest BCUT2D eigenvalue weighted by Gasteiger charge is 2.32. The number of benzene rings is 4. The predicted octanol–water partition coefficient (Wildman–Crippen LogP) is 6.12. The number of halogens is 1. The van der Waals surface area contributed by atoms with Gasteiger partial charge in [0.05, 0.1) is 0 Å². The maximum Gasteiger partial charge on any atom is 0.243 e. The molecule has 0 spiro atoms. The molecule has 194 valence electrons. The number of likely N-dealkylation sites (N-methyl/N-ethyl adjacent to an activating group) is 1. The van der Waals surface area contributed by atoms with Gasteiger partial charge in [0.25, 0.3) is 0 Å². The molecular formula is C33H33FN2O2. The fourth-order valence-electron chi connectivity index (χ4n) is 4.72. The summed E-state index contributed by atoms with van der Waals surface area (Å²) in [5.74, 6) is -0.862. The highest BCUT2D eigenvalue weighted by Crippen LogP contribution is 2.30. The Morgan fingerprint density at radius 2 is 1.26 bits per heavy atom. The first-order valence-electron chi connectivity index (χ1n) is 13.0. The largest absolute Gasteiger partial charge is 0.355 e. The highest BCUT2D eigenvalue weighted by atomic mass is 19.1. The average Bonchev–Trinajstić information content (AvgIpc) is 2.96. The van der Waals surface area contributed by atoms with Crippen molar-refractivity contribution in [3.8, 4) is 0 Å². The van der Waals surface area contributed by atoms with Gasteiger partial charge in [-0.2, -0.15) is 0 Å². The number of carbonyl (C=O) groups excluding carboxylic acids is 2. The maximum absolute atomic E-state index is 14.2. The lowest BCUT2D eigenvalue weighted by Crippen LogP contribution is -2.50. The molecule has 0 bridgehead atoms. The summed E-state index contributed by atoms with van der Waals surface area (Å²) in [4.78, 5) is 29.2. The number of nitrogens with one attached hydrogen (secondary N) is 1. The molecule has 1 atom stereocenters. The van der Waals surface area contributed by atoms with Crippen molar-refractivity contribution in [3.63, 3.8) is 0 Å². The van der Waals surface area contributed by atoms with Crippen molar-refractivity contribution in [3.05, 3.63) is 143 Å². The Labute approximate surface area is 224 Å². The quantitative estimate of drug-likeness (QED) is 0.265. The molecule has 0 heterocycles. The van der Waals surface area contributed by atoms with Crippen LogP contribution in [0.3, 0.4) is 0 Å². The van der Waals surface area contributed by atoms with Crippen LogP contribution < -0.4 is 5.32 Å². The molecule has 0 aliphatic rings. The zero-order valence-electron chi connectivity index (χ0n) is 21.6. The standard InChI is InChI=1S/C33H33FN2O2/c1-2-35-33(38)31(22-25-12-6-3-7-13-25)36(24-26-18-20-29(34)21-19-26)32(37)23-30(27-14-8-4-9-15-27)28-16-10-5-11-17-28/h3-21,30-31H,2,22-24H2,1H3,(H,35,38)/t31-/m1/s1. The van der Waals surface area contributed by atoms with Gasteiger partial charge < -0.3 is 10.2 Å². The molecule has 4 aromatic carbocycles. The van der Waals surface area contributed by atoms with Crippen LogP contribution in [0.1, 0.15) is 41.5 Å². The van der Waals surface area contributed by atoms with E-state index in [9.17, 15) is 14.0 Å². The van der Waals surface area contributed by atoms with Gasteiger partial charge in [-0.05, 0) is 41.3 Å². The third-order valence-electron chi connectivity index (χ3n) is 6.67. The van der Waals surface area contributed by atoms with Gasteiger partial charge in [-0.25, -0.2) is 4.39 Å². The molecule has 4 rings (SSSR count). The topological polar surface area (TPSA) is 49.4 Å². The second-order valence-electron chi connectivity index (χ2n) is 9.33. The van der Waals surface area contributed by atoms with Crippen LogP contribution in [-0.4, -0.2) is 29.3 Å². The maximum atomic E-state index is 14.2. The van der Waals surface area contributed by atoms with Crippen LogP contribution >= 0.6 is 0 Å². The Morgan fingerprint density at radius 3 is 1.79 bits per heavy atom. The zero-order valence-corrected chi connectivity index (χ0v) is 21.6. The lowest BCUT2D eigenvalue weighted by atomic mass is 9.87. The van der Waals surface area contributed by atoms with Crippen LogP contribution in [0.25, 0.3) is 0 Å². The molecular weight excluding hydrogens is 475 g/mol. The summed E-state index contributed by atoms with van der Waals surface area (Å²) in [6.07, 6.45) is 0.570. The number of rotatable bonds is 11. The summed E-state index contributed by atoms with van der Waals surface area (Å²) in [7, 11) is 0. The third-order valence-corrected chi connectivity index (χ3v) is 6.67. The van der Waals surface area contributed by atoms with Crippen molar-refractivity contribution in [2.24, 2.45) is 0 Å². The van der Waals surface area contributed by atoms with E-state index in [1.54, 1.807) is 17.0 Å². The van der Waals surface area contributed by atoms with E-state index < -0.39 is 6.04 Å². The summed E-state index contributed by atoms with van der Waals surface area (Å²) < 4.78 is 13.7. The van der Waals surface area contributed by atoms with Crippen molar-refractivity contribution >= 4 is 11.8 Å². The van der Waals surface area contributed by atoms with Crippen molar-refractivity contribution in [2.75, 3.05) is 6.54 Å². The molecule has 4 aromatic rings. The van der Waals surface area contributed by atoms with Crippen LogP contribution in [-0.2, 0) is 22.6 Å². The van der Waals surface area contributed by atoms with E-state index in [0.717, 1.165) is 22.3 Å². The van der Waals surface area contributed by atoms with Gasteiger partial charge in [-0.15, -0.1) is 0 Å². The molecule has 0 aliphatic carbocycles. The van der Waals surface area contributed by atoms with E-state index in [2.05, 4.69) is 5.32 Å². The van der Waals surface area contributed by atoms with Crippen LogP contribution in [0.2, 0.25) is 0 Å². The molecule has 0 saturated heterocycles. The molecule has 0 fully saturated rings. The first-order chi connectivity index (χ1) is 18.5. The van der Waals surface area contributed by atoms with Gasteiger partial charge in [0.1, 0.15) is 11.9 Å². The summed E-state index contributed by atoms with van der Waals surface area (Å²) in [6.45, 7) is 2.52. The number of hydrogen-bond acceptors (Lipinski definition) is 2. The number of amides is 2. The van der Waals surface area contributed by atoms with Crippen LogP contribution in [0.5, 0.6) is 0 Å². The van der Waals surface area contributed by atoms with Crippen molar-refractivity contribution in [1.29, 1.82) is 0 Å². The van der Waals surface area contributed by atoms with Gasteiger partial charge in [0, 0.05) is 31.8 Å². The molecule has 0 radical (unpaired) electrons. The van der Waals surface area contributed by atoms with E-state index in [1.807, 2.05) is 97.9 Å². The van der Waals surface area contributed by atoms with E-state index in [-0.39, 0.29) is 36.5 Å². The molecule has 2 amide bonds. The molecule has 38 heavy (non-hydrogen) atoms. The first kappa shape index (κ1) is 26.8. The molecule has 0 aromatic heterocycles. The molecule has 0 aliphatic heterocycles. The number of hydrogen-bond donors (Lipinski definition) is 1. The molecule has 5 heteroatoms. The monoisotopic (exact) mass is 508 g/mol. The van der Waals surface area contributed by atoms with Gasteiger partial charge in [-0.3, -0.25) is 9.59 Å². The minimum atomic E-state index is -0.720. The van der Waals surface area contributed by atoms with Gasteiger partial charge >= 0.3 is 0 Å². The van der Waals surface area contributed by atoms with E-state index in [4.69, 9.17) is 0 Å². The van der Waals surface area contributed by atoms with Crippen LogP contribution in [0.4, 0.5) is 4.39 Å². The zero-order chi connectivity index (χ0) is 26.7. The van der Waals surface area contributed by atoms with Crippen molar-refractivity contribution < 1.29 is 14.0 Å². The minimum Gasteiger partial charge on any atom is -0.355 e. The molecule has 0 unspecified atom stereocenters. The minimum absolute atomic E-state index is 0.140. The van der Waals surface area contributed by atoms with Gasteiger partial charge in [-0.1, -0.05) is 103 Å². The van der Waals surface area contributed by atoms with Crippen molar-refractivity contribution in [2.45, 2.75) is 38.3 Å². The van der Waals surface area contributed by atoms with Crippen LogP contribution in [0.15, 0.2) is 115 Å². The third kappa shape index (κ3) is 7.16. The summed E-state index contributed by atoms with van der Waals surface area (Å²) >= 11 is 0. The summed E-state index contributed by atoms with van der Waals surface area (Å²) in [6, 6.07) is 35.0. The van der Waals surface area contributed by atoms with Crippen molar-refractivity contribution in [1.82, 2.24) is 10.2 Å². The first-order valence-corrected chi connectivity index (χ1v) is 13.0. The fraction of sp³-hybridized carbons (Fsp3) is 0.212. The number of nitrogens with zero attached hydrogens (tertiary/aromatic N) is 1. The number of carbonyl (C=O) groups is 2. The lowest BCUT2D eigenvalue weighted by molar-refractivity contribution is -0.141. The second kappa shape index (κ2) is 13.3. The Bertz CT molecular complexity index is 1260. The molecule has 0 saturated carbocycles. The Kier molecular flexibility index (Phi) is 9.41. The second-order valence-corrected chi connectivity index (χ2v) is 9.33. The Hall–Kier alpha value is -4.25. The molecule has 1 N–H and O–H groups in total. The van der Waals surface area contributed by atoms with E-state index >= 15 is 0 Å². The highest BCUT2D eigenvalue weighted by molar-refractivity contribution is 5.88.